The molecule has 0 saturated carbocycles. The van der Waals surface area contributed by atoms with Crippen molar-refractivity contribution in [2.24, 2.45) is 0 Å². The first-order valence-corrected chi connectivity index (χ1v) is 4.00. The fraction of sp³-hybridized carbons (Fsp3) is 0. The lowest BCUT2D eigenvalue weighted by atomic mass is 10.2. The molecule has 0 unspecified atom stereocenters. The molecule has 0 aliphatic rings. The Morgan fingerprint density at radius 2 is 1.93 bits per heavy atom. The molecule has 2 aromatic rings. The molecule has 0 saturated heterocycles. The van der Waals surface area contributed by atoms with Crippen molar-refractivity contribution in [2.45, 2.75) is 0 Å². The average Bonchev–Trinajstić information content (AvgIpc) is 2.18. The summed E-state index contributed by atoms with van der Waals surface area (Å²) in [5, 5.41) is 0. The zero-order valence-corrected chi connectivity index (χ0v) is 7.11. The molecule has 0 aliphatic carbocycles. The first-order chi connectivity index (χ1) is 6.77. The maximum absolute atomic E-state index is 13.2. The molecule has 0 aromatic carbocycles. The molecule has 0 fully saturated rings. The summed E-state index contributed by atoms with van der Waals surface area (Å²) < 4.78 is 25.9. The van der Waals surface area contributed by atoms with Crippen LogP contribution in [0.2, 0.25) is 0 Å². The molecule has 70 valence electrons. The Morgan fingerprint density at radius 1 is 1.07 bits per heavy atom. The molecular formula is C10H6F2N2. The zero-order valence-electron chi connectivity index (χ0n) is 7.11. The molecule has 0 N–H and O–H groups in total. The van der Waals surface area contributed by atoms with Gasteiger partial charge in [-0.2, -0.15) is 4.39 Å². The van der Waals surface area contributed by atoms with Crippen LogP contribution in [0.1, 0.15) is 0 Å². The number of rotatable bonds is 1. The van der Waals surface area contributed by atoms with E-state index in [2.05, 4.69) is 9.97 Å². The van der Waals surface area contributed by atoms with Crippen LogP contribution in [0.5, 0.6) is 0 Å². The normalized spacial score (nSPS) is 10.1. The van der Waals surface area contributed by atoms with Crippen LogP contribution in [0.15, 0.2) is 36.7 Å². The third kappa shape index (κ3) is 1.59. The third-order valence-corrected chi connectivity index (χ3v) is 1.76. The largest absolute Gasteiger partial charge is 0.262 e. The van der Waals surface area contributed by atoms with Gasteiger partial charge in [-0.15, -0.1) is 0 Å². The van der Waals surface area contributed by atoms with Gasteiger partial charge in [-0.05, 0) is 18.2 Å². The summed E-state index contributed by atoms with van der Waals surface area (Å²) in [5.41, 5.74) is 0.518. The van der Waals surface area contributed by atoms with Crippen molar-refractivity contribution in [3.63, 3.8) is 0 Å². The number of halogens is 2. The van der Waals surface area contributed by atoms with E-state index in [4.69, 9.17) is 0 Å². The number of aromatic nitrogens is 2. The molecule has 14 heavy (non-hydrogen) atoms. The van der Waals surface area contributed by atoms with Crippen LogP contribution in [0.3, 0.4) is 0 Å². The van der Waals surface area contributed by atoms with Gasteiger partial charge in [0.1, 0.15) is 0 Å². The minimum absolute atomic E-state index is 0.250. The molecule has 0 bridgehead atoms. The second-order valence-corrected chi connectivity index (χ2v) is 2.70. The van der Waals surface area contributed by atoms with Crippen molar-refractivity contribution in [1.82, 2.24) is 9.97 Å². The van der Waals surface area contributed by atoms with Gasteiger partial charge >= 0.3 is 0 Å². The summed E-state index contributed by atoms with van der Waals surface area (Å²) >= 11 is 0. The van der Waals surface area contributed by atoms with Crippen LogP contribution < -0.4 is 0 Å². The van der Waals surface area contributed by atoms with E-state index in [9.17, 15) is 8.78 Å². The molecule has 0 aliphatic heterocycles. The molecular weight excluding hydrogens is 186 g/mol. The summed E-state index contributed by atoms with van der Waals surface area (Å²) in [6, 6.07) is 5.69. The summed E-state index contributed by atoms with van der Waals surface area (Å²) in [6.07, 6.45) is 2.51. The highest BCUT2D eigenvalue weighted by Crippen LogP contribution is 2.19. The second-order valence-electron chi connectivity index (χ2n) is 2.70. The van der Waals surface area contributed by atoms with Crippen molar-refractivity contribution in [1.29, 1.82) is 0 Å². The fourth-order valence-electron chi connectivity index (χ4n) is 1.14. The Kier molecular flexibility index (Phi) is 2.18. The van der Waals surface area contributed by atoms with Crippen LogP contribution >= 0.6 is 0 Å². The molecule has 0 amide bonds. The Balaban J connectivity index is 2.55. The Morgan fingerprint density at radius 3 is 2.64 bits per heavy atom. The number of nitrogens with zero attached hydrogens (tertiary/aromatic N) is 2. The van der Waals surface area contributed by atoms with E-state index in [0.29, 0.717) is 0 Å². The minimum Gasteiger partial charge on any atom is -0.262 e. The standard InChI is InChI=1S/C10H6F2N2/c11-8-6-13-5-4-7(8)9-2-1-3-10(12)14-9/h1-6H. The van der Waals surface area contributed by atoms with Gasteiger partial charge in [0, 0.05) is 11.8 Å². The summed E-state index contributed by atoms with van der Waals surface area (Å²) in [5.74, 6) is -1.13. The molecule has 0 spiro atoms. The van der Waals surface area contributed by atoms with Crippen LogP contribution in [0, 0.1) is 11.8 Å². The molecule has 0 atom stereocenters. The minimum atomic E-state index is -0.626. The fourth-order valence-corrected chi connectivity index (χ4v) is 1.14. The molecule has 2 heterocycles. The van der Waals surface area contributed by atoms with Crippen LogP contribution in [-0.4, -0.2) is 9.97 Å². The predicted octanol–water partition coefficient (Wildman–Crippen LogP) is 2.42. The molecule has 2 aromatic heterocycles. The van der Waals surface area contributed by atoms with E-state index in [1.807, 2.05) is 0 Å². The summed E-state index contributed by atoms with van der Waals surface area (Å²) in [6.45, 7) is 0. The number of hydrogen-bond donors (Lipinski definition) is 0. The van der Waals surface area contributed by atoms with Gasteiger partial charge in [0.2, 0.25) is 5.95 Å². The quantitative estimate of drug-likeness (QED) is 0.648. The number of pyridine rings is 2. The van der Waals surface area contributed by atoms with Gasteiger partial charge in [-0.3, -0.25) is 4.98 Å². The monoisotopic (exact) mass is 192 g/mol. The second kappa shape index (κ2) is 3.49. The molecule has 0 radical (unpaired) electrons. The van der Waals surface area contributed by atoms with Crippen molar-refractivity contribution in [3.8, 4) is 11.3 Å². The third-order valence-electron chi connectivity index (χ3n) is 1.76. The first kappa shape index (κ1) is 8.74. The van der Waals surface area contributed by atoms with Crippen LogP contribution in [-0.2, 0) is 0 Å². The lowest BCUT2D eigenvalue weighted by Crippen LogP contribution is -1.90. The Labute approximate surface area is 79.3 Å². The van der Waals surface area contributed by atoms with Crippen molar-refractivity contribution in [2.75, 3.05) is 0 Å². The maximum atomic E-state index is 13.2. The summed E-state index contributed by atoms with van der Waals surface area (Å²) in [7, 11) is 0. The highest BCUT2D eigenvalue weighted by molar-refractivity contribution is 5.58. The van der Waals surface area contributed by atoms with Gasteiger partial charge < -0.3 is 0 Å². The predicted molar refractivity (Wildman–Crippen MR) is 47.4 cm³/mol. The van der Waals surface area contributed by atoms with Gasteiger partial charge in [-0.1, -0.05) is 6.07 Å². The van der Waals surface area contributed by atoms with Crippen LogP contribution in [0.4, 0.5) is 8.78 Å². The van der Waals surface area contributed by atoms with Gasteiger partial charge in [0.15, 0.2) is 5.82 Å². The maximum Gasteiger partial charge on any atom is 0.213 e. The van der Waals surface area contributed by atoms with Gasteiger partial charge in [0.25, 0.3) is 0 Å². The van der Waals surface area contributed by atoms with E-state index in [1.165, 1.54) is 24.4 Å². The Bertz CT molecular complexity index is 457. The van der Waals surface area contributed by atoms with E-state index in [0.717, 1.165) is 6.20 Å². The van der Waals surface area contributed by atoms with E-state index < -0.39 is 11.8 Å². The average molecular weight is 192 g/mol. The van der Waals surface area contributed by atoms with Crippen LogP contribution in [0.25, 0.3) is 11.3 Å². The molecule has 2 nitrogen and oxygen atoms in total. The number of hydrogen-bond acceptors (Lipinski definition) is 2. The van der Waals surface area contributed by atoms with Gasteiger partial charge in [0.05, 0.1) is 11.9 Å². The van der Waals surface area contributed by atoms with Crippen molar-refractivity contribution in [3.05, 3.63) is 48.4 Å². The molecule has 2 rings (SSSR count). The van der Waals surface area contributed by atoms with Gasteiger partial charge in [-0.25, -0.2) is 9.37 Å². The van der Waals surface area contributed by atoms with Crippen molar-refractivity contribution >= 4 is 0 Å². The topological polar surface area (TPSA) is 25.8 Å². The van der Waals surface area contributed by atoms with E-state index >= 15 is 0 Å². The zero-order chi connectivity index (χ0) is 9.97. The molecule has 4 heteroatoms. The van der Waals surface area contributed by atoms with Crippen molar-refractivity contribution < 1.29 is 8.78 Å². The van der Waals surface area contributed by atoms with E-state index in [1.54, 1.807) is 6.07 Å². The SMILES string of the molecule is Fc1cccc(-c2ccncc2F)n1. The smallest absolute Gasteiger partial charge is 0.213 e. The first-order valence-electron chi connectivity index (χ1n) is 4.00. The Hall–Kier alpha value is -1.84. The highest BCUT2D eigenvalue weighted by Gasteiger charge is 2.05. The summed E-state index contributed by atoms with van der Waals surface area (Å²) in [4.78, 5) is 7.17. The lowest BCUT2D eigenvalue weighted by Gasteiger charge is -2.00. The highest BCUT2D eigenvalue weighted by atomic mass is 19.1. The van der Waals surface area contributed by atoms with E-state index in [-0.39, 0.29) is 11.3 Å². The lowest BCUT2D eigenvalue weighted by molar-refractivity contribution is 0.583.